The van der Waals surface area contributed by atoms with Crippen molar-refractivity contribution in [2.45, 2.75) is 26.4 Å². The van der Waals surface area contributed by atoms with Crippen LogP contribution in [0.1, 0.15) is 20.3 Å². The summed E-state index contributed by atoms with van der Waals surface area (Å²) in [6.07, 6.45) is 2.38. The Labute approximate surface area is 79.7 Å². The van der Waals surface area contributed by atoms with Crippen LogP contribution < -0.4 is 0 Å². The van der Waals surface area contributed by atoms with Gasteiger partial charge in [-0.05, 0) is 18.4 Å². The van der Waals surface area contributed by atoms with E-state index in [0.29, 0.717) is 12.5 Å². The number of rotatable bonds is 4. The van der Waals surface area contributed by atoms with Crippen molar-refractivity contribution in [1.82, 2.24) is 0 Å². The second kappa shape index (κ2) is 4.24. The van der Waals surface area contributed by atoms with Gasteiger partial charge in [0.2, 0.25) is 0 Å². The lowest BCUT2D eigenvalue weighted by molar-refractivity contribution is 0.0921. The van der Waals surface area contributed by atoms with Crippen molar-refractivity contribution in [3.8, 4) is 0 Å². The van der Waals surface area contributed by atoms with Gasteiger partial charge < -0.3 is 4.74 Å². The van der Waals surface area contributed by atoms with Gasteiger partial charge in [0.25, 0.3) is 0 Å². The summed E-state index contributed by atoms with van der Waals surface area (Å²) in [6, 6.07) is 0. The number of ether oxygens (including phenoxy) is 1. The molecule has 0 aromatic carbocycles. The van der Waals surface area contributed by atoms with Crippen LogP contribution in [0.3, 0.4) is 0 Å². The monoisotopic (exact) mass is 204 g/mol. The summed E-state index contributed by atoms with van der Waals surface area (Å²) >= 11 is 0. The van der Waals surface area contributed by atoms with Crippen LogP contribution in [0.2, 0.25) is 0 Å². The topological polar surface area (TPSA) is 43.4 Å². The molecule has 1 rings (SSSR count). The highest BCUT2D eigenvalue weighted by molar-refractivity contribution is 7.94. The maximum Gasteiger partial charge on any atom is 0.174 e. The Balaban J connectivity index is 2.23. The second-order valence-corrected chi connectivity index (χ2v) is 5.68. The Morgan fingerprint density at radius 3 is 2.69 bits per heavy atom. The van der Waals surface area contributed by atoms with E-state index in [1.54, 1.807) is 6.08 Å². The third-order valence-corrected chi connectivity index (χ3v) is 3.29. The Hall–Kier alpha value is -0.350. The third-order valence-electron chi connectivity index (χ3n) is 1.92. The Morgan fingerprint density at radius 2 is 2.23 bits per heavy atom. The molecule has 1 aliphatic heterocycles. The normalized spacial score (nSPS) is 25.6. The van der Waals surface area contributed by atoms with E-state index in [1.165, 1.54) is 5.41 Å². The molecule has 0 saturated heterocycles. The van der Waals surface area contributed by atoms with Crippen molar-refractivity contribution in [1.29, 1.82) is 0 Å². The van der Waals surface area contributed by atoms with Crippen LogP contribution in [-0.4, -0.2) is 26.9 Å². The average molecular weight is 204 g/mol. The maximum absolute atomic E-state index is 11.0. The molecule has 0 aromatic heterocycles. The van der Waals surface area contributed by atoms with Gasteiger partial charge >= 0.3 is 0 Å². The van der Waals surface area contributed by atoms with Crippen molar-refractivity contribution in [3.63, 3.8) is 0 Å². The molecule has 0 amide bonds. The zero-order chi connectivity index (χ0) is 9.90. The fourth-order valence-corrected chi connectivity index (χ4v) is 2.30. The molecule has 76 valence electrons. The minimum atomic E-state index is -2.95. The highest BCUT2D eigenvalue weighted by atomic mass is 32.2. The molecule has 4 heteroatoms. The second-order valence-electron chi connectivity index (χ2n) is 3.75. The molecule has 3 nitrogen and oxygen atoms in total. The van der Waals surface area contributed by atoms with Crippen molar-refractivity contribution in [2.24, 2.45) is 5.92 Å². The highest BCUT2D eigenvalue weighted by Crippen LogP contribution is 2.12. The van der Waals surface area contributed by atoms with Crippen LogP contribution in [0, 0.1) is 5.92 Å². The first-order valence-corrected chi connectivity index (χ1v) is 6.24. The van der Waals surface area contributed by atoms with Gasteiger partial charge in [-0.25, -0.2) is 8.42 Å². The predicted octanol–water partition coefficient (Wildman–Crippen LogP) is 1.36. The van der Waals surface area contributed by atoms with E-state index in [4.69, 9.17) is 4.74 Å². The first-order valence-electron chi connectivity index (χ1n) is 4.52. The zero-order valence-corrected chi connectivity index (χ0v) is 8.88. The first-order chi connectivity index (χ1) is 5.99. The van der Waals surface area contributed by atoms with Crippen molar-refractivity contribution < 1.29 is 13.2 Å². The Kier molecular flexibility index (Phi) is 3.50. The molecule has 0 aliphatic carbocycles. The van der Waals surface area contributed by atoms with Gasteiger partial charge in [0.15, 0.2) is 9.84 Å². The van der Waals surface area contributed by atoms with Crippen LogP contribution in [-0.2, 0) is 14.6 Å². The predicted molar refractivity (Wildman–Crippen MR) is 52.1 cm³/mol. The SMILES string of the molecule is CC(C)CCOC1C=CS(=O)(=O)C1. The summed E-state index contributed by atoms with van der Waals surface area (Å²) < 4.78 is 27.3. The summed E-state index contributed by atoms with van der Waals surface area (Å²) in [6.45, 7) is 4.87. The van der Waals surface area contributed by atoms with E-state index < -0.39 is 9.84 Å². The van der Waals surface area contributed by atoms with Gasteiger partial charge in [-0.1, -0.05) is 13.8 Å². The third kappa shape index (κ3) is 3.91. The van der Waals surface area contributed by atoms with Gasteiger partial charge in [0.05, 0.1) is 11.9 Å². The van der Waals surface area contributed by atoms with Crippen LogP contribution in [0.5, 0.6) is 0 Å². The van der Waals surface area contributed by atoms with E-state index >= 15 is 0 Å². The molecular formula is C9H16O3S. The smallest absolute Gasteiger partial charge is 0.174 e. The molecule has 0 N–H and O–H groups in total. The van der Waals surface area contributed by atoms with Gasteiger partial charge in [-0.2, -0.15) is 0 Å². The zero-order valence-electron chi connectivity index (χ0n) is 8.06. The minimum absolute atomic E-state index is 0.116. The molecule has 1 heterocycles. The molecule has 1 aliphatic rings. The Morgan fingerprint density at radius 1 is 1.54 bits per heavy atom. The summed E-state index contributed by atoms with van der Waals surface area (Å²) in [5.41, 5.74) is 0. The van der Waals surface area contributed by atoms with Gasteiger partial charge in [-0.3, -0.25) is 0 Å². The quantitative estimate of drug-likeness (QED) is 0.694. The number of hydrogen-bond donors (Lipinski definition) is 0. The van der Waals surface area contributed by atoms with E-state index in [9.17, 15) is 8.42 Å². The molecule has 0 aromatic rings. The fraction of sp³-hybridized carbons (Fsp3) is 0.778. The van der Waals surface area contributed by atoms with Crippen molar-refractivity contribution >= 4 is 9.84 Å². The molecule has 0 bridgehead atoms. The standard InChI is InChI=1S/C9H16O3S/c1-8(2)3-5-12-9-4-6-13(10,11)7-9/h4,6,8-9H,3,5,7H2,1-2H3. The highest BCUT2D eigenvalue weighted by Gasteiger charge is 2.21. The van der Waals surface area contributed by atoms with E-state index in [2.05, 4.69) is 13.8 Å². The van der Waals surface area contributed by atoms with Gasteiger partial charge in [0.1, 0.15) is 0 Å². The summed E-state index contributed by atoms with van der Waals surface area (Å²) in [4.78, 5) is 0. The molecule has 0 spiro atoms. The molecule has 1 unspecified atom stereocenters. The van der Waals surface area contributed by atoms with Crippen LogP contribution in [0.25, 0.3) is 0 Å². The minimum Gasteiger partial charge on any atom is -0.373 e. The average Bonchev–Trinajstić information content (AvgIpc) is 2.29. The maximum atomic E-state index is 11.0. The van der Waals surface area contributed by atoms with Crippen LogP contribution >= 0.6 is 0 Å². The van der Waals surface area contributed by atoms with Gasteiger partial charge in [-0.15, -0.1) is 0 Å². The molecule has 0 radical (unpaired) electrons. The van der Waals surface area contributed by atoms with Crippen LogP contribution in [0.4, 0.5) is 0 Å². The summed E-state index contributed by atoms with van der Waals surface area (Å²) in [5, 5.41) is 1.24. The van der Waals surface area contributed by atoms with Gasteiger partial charge in [0, 0.05) is 12.0 Å². The molecule has 0 saturated carbocycles. The van der Waals surface area contributed by atoms with E-state index in [1.807, 2.05) is 0 Å². The lowest BCUT2D eigenvalue weighted by atomic mass is 10.1. The largest absolute Gasteiger partial charge is 0.373 e. The summed E-state index contributed by atoms with van der Waals surface area (Å²) in [7, 11) is -2.95. The van der Waals surface area contributed by atoms with Crippen molar-refractivity contribution in [3.05, 3.63) is 11.5 Å². The first kappa shape index (κ1) is 10.7. The van der Waals surface area contributed by atoms with E-state index in [-0.39, 0.29) is 11.9 Å². The molecule has 0 fully saturated rings. The lowest BCUT2D eigenvalue weighted by Crippen LogP contribution is -2.16. The van der Waals surface area contributed by atoms with Crippen LogP contribution in [0.15, 0.2) is 11.5 Å². The summed E-state index contributed by atoms with van der Waals surface area (Å²) in [5.74, 6) is 0.715. The number of hydrogen-bond acceptors (Lipinski definition) is 3. The fourth-order valence-electron chi connectivity index (χ4n) is 1.11. The molecule has 1 atom stereocenters. The lowest BCUT2D eigenvalue weighted by Gasteiger charge is -2.09. The van der Waals surface area contributed by atoms with Crippen molar-refractivity contribution in [2.75, 3.05) is 12.4 Å². The molecular weight excluding hydrogens is 188 g/mol. The Bertz CT molecular complexity index is 277. The molecule has 13 heavy (non-hydrogen) atoms. The van der Waals surface area contributed by atoms with E-state index in [0.717, 1.165) is 6.42 Å². The number of sulfone groups is 1.